The highest BCUT2D eigenvalue weighted by atomic mass is 16.5. The van der Waals surface area contributed by atoms with E-state index < -0.39 is 5.54 Å². The molecule has 2 N–H and O–H groups in total. The number of hydrogen-bond acceptors (Lipinski definition) is 3. The monoisotopic (exact) mass is 265 g/mol. The molecular weight excluding hydrogens is 242 g/mol. The Morgan fingerprint density at radius 1 is 1.37 bits per heavy atom. The second-order valence-electron chi connectivity index (χ2n) is 4.97. The molecule has 1 aromatic carbocycles. The lowest BCUT2D eigenvalue weighted by Gasteiger charge is -2.27. The normalized spacial score (nSPS) is 13.7. The van der Waals surface area contributed by atoms with E-state index in [-0.39, 0.29) is 12.5 Å². The molecule has 0 bridgehead atoms. The molecule has 1 unspecified atom stereocenters. The molecule has 0 aliphatic carbocycles. The van der Waals surface area contributed by atoms with E-state index in [0.29, 0.717) is 19.3 Å². The van der Waals surface area contributed by atoms with Crippen LogP contribution in [-0.2, 0) is 11.2 Å². The summed E-state index contributed by atoms with van der Waals surface area (Å²) >= 11 is 0. The predicted octanol–water partition coefficient (Wildman–Crippen LogP) is 1.91. The van der Waals surface area contributed by atoms with Gasteiger partial charge in [-0.05, 0) is 37.5 Å². The van der Waals surface area contributed by atoms with Crippen molar-refractivity contribution in [2.24, 2.45) is 0 Å². The van der Waals surface area contributed by atoms with Crippen LogP contribution in [0.4, 0.5) is 0 Å². The van der Waals surface area contributed by atoms with Crippen molar-refractivity contribution in [3.8, 4) is 5.75 Å². The van der Waals surface area contributed by atoms with Crippen LogP contribution in [0, 0.1) is 0 Å². The molecule has 4 nitrogen and oxygen atoms in total. The first-order chi connectivity index (χ1) is 9.03. The van der Waals surface area contributed by atoms with Crippen LogP contribution in [0.3, 0.4) is 0 Å². The zero-order valence-electron chi connectivity index (χ0n) is 11.9. The fraction of sp³-hybridized carbons (Fsp3) is 0.533. The minimum Gasteiger partial charge on any atom is -0.497 e. The van der Waals surface area contributed by atoms with Gasteiger partial charge < -0.3 is 15.2 Å². The first-order valence-corrected chi connectivity index (χ1v) is 6.58. The lowest BCUT2D eigenvalue weighted by atomic mass is 9.99. The number of rotatable bonds is 7. The van der Waals surface area contributed by atoms with Gasteiger partial charge in [0.1, 0.15) is 5.75 Å². The summed E-state index contributed by atoms with van der Waals surface area (Å²) in [6.45, 7) is 3.75. The third kappa shape index (κ3) is 4.91. The summed E-state index contributed by atoms with van der Waals surface area (Å²) in [6.07, 6.45) is 1.81. The van der Waals surface area contributed by atoms with Crippen molar-refractivity contribution in [2.75, 3.05) is 13.7 Å². The molecule has 1 aromatic rings. The maximum Gasteiger partial charge on any atom is 0.220 e. The van der Waals surface area contributed by atoms with Crippen LogP contribution in [0.1, 0.15) is 32.3 Å². The number of amides is 1. The number of ether oxygens (including phenoxy) is 1. The lowest BCUT2D eigenvalue weighted by molar-refractivity contribution is -0.123. The summed E-state index contributed by atoms with van der Waals surface area (Å²) in [5.74, 6) is 0.779. The summed E-state index contributed by atoms with van der Waals surface area (Å²) in [5.41, 5.74) is 0.579. The number of aryl methyl sites for hydroxylation is 1. The Balaban J connectivity index is 2.45. The molecule has 0 saturated carbocycles. The SMILES string of the molecule is CCC(C)(CO)NC(=O)CCc1ccc(OC)cc1. The van der Waals surface area contributed by atoms with Gasteiger partial charge in [0.15, 0.2) is 0 Å². The molecule has 1 atom stereocenters. The summed E-state index contributed by atoms with van der Waals surface area (Å²) < 4.78 is 5.08. The fourth-order valence-corrected chi connectivity index (χ4v) is 1.69. The summed E-state index contributed by atoms with van der Waals surface area (Å²) in [4.78, 5) is 11.8. The molecule has 0 heterocycles. The van der Waals surface area contributed by atoms with E-state index >= 15 is 0 Å². The van der Waals surface area contributed by atoms with E-state index in [1.165, 1.54) is 0 Å². The van der Waals surface area contributed by atoms with E-state index in [1.54, 1.807) is 7.11 Å². The van der Waals surface area contributed by atoms with Gasteiger partial charge in [-0.2, -0.15) is 0 Å². The molecule has 0 aliphatic heterocycles. The van der Waals surface area contributed by atoms with E-state index in [9.17, 15) is 9.90 Å². The number of carbonyl (C=O) groups is 1. The molecule has 4 heteroatoms. The van der Waals surface area contributed by atoms with Crippen molar-refractivity contribution >= 4 is 5.91 Å². The van der Waals surface area contributed by atoms with Crippen molar-refractivity contribution in [1.29, 1.82) is 0 Å². The van der Waals surface area contributed by atoms with Gasteiger partial charge in [-0.3, -0.25) is 4.79 Å². The van der Waals surface area contributed by atoms with Gasteiger partial charge in [0.25, 0.3) is 0 Å². The largest absolute Gasteiger partial charge is 0.497 e. The maximum atomic E-state index is 11.8. The average molecular weight is 265 g/mol. The van der Waals surface area contributed by atoms with Crippen LogP contribution in [0.2, 0.25) is 0 Å². The Labute approximate surface area is 114 Å². The van der Waals surface area contributed by atoms with Gasteiger partial charge in [0, 0.05) is 6.42 Å². The number of methoxy groups -OCH3 is 1. The molecular formula is C15H23NO3. The third-order valence-electron chi connectivity index (χ3n) is 3.37. The van der Waals surface area contributed by atoms with Crippen LogP contribution < -0.4 is 10.1 Å². The van der Waals surface area contributed by atoms with Crippen LogP contribution in [-0.4, -0.2) is 30.3 Å². The highest BCUT2D eigenvalue weighted by Gasteiger charge is 2.22. The zero-order valence-corrected chi connectivity index (χ0v) is 11.9. The molecule has 1 amide bonds. The Bertz CT molecular complexity index is 396. The first kappa shape index (κ1) is 15.5. The van der Waals surface area contributed by atoms with E-state index in [4.69, 9.17) is 4.74 Å². The minimum absolute atomic E-state index is 0.0331. The van der Waals surface area contributed by atoms with Crippen molar-refractivity contribution in [1.82, 2.24) is 5.32 Å². The topological polar surface area (TPSA) is 58.6 Å². The second kappa shape index (κ2) is 7.14. The van der Waals surface area contributed by atoms with Gasteiger partial charge in [0.2, 0.25) is 5.91 Å². The summed E-state index contributed by atoms with van der Waals surface area (Å²) in [5, 5.41) is 12.1. The summed E-state index contributed by atoms with van der Waals surface area (Å²) in [6, 6.07) is 7.68. The number of benzene rings is 1. The van der Waals surface area contributed by atoms with Crippen LogP contribution in [0.25, 0.3) is 0 Å². The molecule has 19 heavy (non-hydrogen) atoms. The van der Waals surface area contributed by atoms with Gasteiger partial charge in [0.05, 0.1) is 19.3 Å². The van der Waals surface area contributed by atoms with Gasteiger partial charge >= 0.3 is 0 Å². The molecule has 106 valence electrons. The first-order valence-electron chi connectivity index (χ1n) is 6.58. The molecule has 0 aromatic heterocycles. The highest BCUT2D eigenvalue weighted by molar-refractivity contribution is 5.77. The molecule has 1 rings (SSSR count). The molecule has 0 aliphatic rings. The minimum atomic E-state index is -0.517. The number of aliphatic hydroxyl groups is 1. The number of hydrogen-bond donors (Lipinski definition) is 2. The Morgan fingerprint density at radius 2 is 2.00 bits per heavy atom. The Kier molecular flexibility index (Phi) is 5.83. The fourth-order valence-electron chi connectivity index (χ4n) is 1.69. The standard InChI is InChI=1S/C15H23NO3/c1-4-15(2,11-17)16-14(18)10-7-12-5-8-13(19-3)9-6-12/h5-6,8-9,17H,4,7,10-11H2,1-3H3,(H,16,18). The number of carbonyl (C=O) groups excluding carboxylic acids is 1. The van der Waals surface area contributed by atoms with Gasteiger partial charge in [-0.1, -0.05) is 19.1 Å². The van der Waals surface area contributed by atoms with Crippen molar-refractivity contribution in [3.05, 3.63) is 29.8 Å². The van der Waals surface area contributed by atoms with E-state index in [1.807, 2.05) is 38.1 Å². The van der Waals surface area contributed by atoms with E-state index in [2.05, 4.69) is 5.32 Å². The number of aliphatic hydroxyl groups excluding tert-OH is 1. The average Bonchev–Trinajstić information content (AvgIpc) is 2.45. The number of nitrogens with one attached hydrogen (secondary N) is 1. The highest BCUT2D eigenvalue weighted by Crippen LogP contribution is 2.13. The molecule has 0 fully saturated rings. The Morgan fingerprint density at radius 3 is 2.47 bits per heavy atom. The second-order valence-corrected chi connectivity index (χ2v) is 4.97. The molecule has 0 saturated heterocycles. The van der Waals surface area contributed by atoms with Crippen molar-refractivity contribution in [3.63, 3.8) is 0 Å². The van der Waals surface area contributed by atoms with Crippen LogP contribution in [0.5, 0.6) is 5.75 Å². The zero-order chi connectivity index (χ0) is 14.3. The third-order valence-corrected chi connectivity index (χ3v) is 3.37. The van der Waals surface area contributed by atoms with Gasteiger partial charge in [-0.15, -0.1) is 0 Å². The molecule has 0 radical (unpaired) electrons. The quantitative estimate of drug-likeness (QED) is 0.791. The van der Waals surface area contributed by atoms with Crippen molar-refractivity contribution < 1.29 is 14.6 Å². The molecule has 0 spiro atoms. The smallest absolute Gasteiger partial charge is 0.220 e. The van der Waals surface area contributed by atoms with Gasteiger partial charge in [-0.25, -0.2) is 0 Å². The predicted molar refractivity (Wildman–Crippen MR) is 75.2 cm³/mol. The Hall–Kier alpha value is -1.55. The van der Waals surface area contributed by atoms with Crippen LogP contribution >= 0.6 is 0 Å². The van der Waals surface area contributed by atoms with Crippen molar-refractivity contribution in [2.45, 2.75) is 38.6 Å². The summed E-state index contributed by atoms with van der Waals surface area (Å²) in [7, 11) is 1.63. The lowest BCUT2D eigenvalue weighted by Crippen LogP contribution is -2.48. The maximum absolute atomic E-state index is 11.8. The van der Waals surface area contributed by atoms with Crippen LogP contribution in [0.15, 0.2) is 24.3 Å². The van der Waals surface area contributed by atoms with E-state index in [0.717, 1.165) is 11.3 Å².